The third kappa shape index (κ3) is 2.68. The predicted molar refractivity (Wildman–Crippen MR) is 62.4 cm³/mol. The van der Waals surface area contributed by atoms with Crippen molar-refractivity contribution in [2.24, 2.45) is 5.73 Å². The van der Waals surface area contributed by atoms with Gasteiger partial charge in [0, 0.05) is 36.8 Å². The van der Waals surface area contributed by atoms with Crippen LogP contribution >= 0.6 is 11.3 Å². The van der Waals surface area contributed by atoms with Gasteiger partial charge in [-0.05, 0) is 13.3 Å². The fraction of sp³-hybridized carbons (Fsp3) is 0.700. The van der Waals surface area contributed by atoms with Gasteiger partial charge in [0.15, 0.2) is 5.13 Å². The number of ether oxygens (including phenoxy) is 1. The van der Waals surface area contributed by atoms with E-state index in [4.69, 9.17) is 10.5 Å². The van der Waals surface area contributed by atoms with Gasteiger partial charge < -0.3 is 15.4 Å². The molecule has 1 aromatic heterocycles. The Labute approximate surface area is 94.1 Å². The maximum Gasteiger partial charge on any atom is 0.185 e. The molecule has 1 aliphatic heterocycles. The van der Waals surface area contributed by atoms with E-state index in [1.54, 1.807) is 11.3 Å². The summed E-state index contributed by atoms with van der Waals surface area (Å²) in [6, 6.07) is 0.0829. The standard InChI is InChI=1S/C10H17N3OS/c1-8(11)9-7-12-10(15-9)13-3-2-5-14-6-4-13/h7-8H,2-6,11H2,1H3. The van der Waals surface area contributed by atoms with E-state index in [0.717, 1.165) is 42.7 Å². The number of rotatable bonds is 2. The molecule has 2 rings (SSSR count). The van der Waals surface area contributed by atoms with Crippen molar-refractivity contribution in [1.29, 1.82) is 0 Å². The van der Waals surface area contributed by atoms with Crippen LogP contribution in [0.2, 0.25) is 0 Å². The Morgan fingerprint density at radius 3 is 3.13 bits per heavy atom. The van der Waals surface area contributed by atoms with Gasteiger partial charge in [0.2, 0.25) is 0 Å². The van der Waals surface area contributed by atoms with Crippen molar-refractivity contribution in [2.45, 2.75) is 19.4 Å². The van der Waals surface area contributed by atoms with Gasteiger partial charge in [0.1, 0.15) is 0 Å². The molecule has 1 fully saturated rings. The Morgan fingerprint density at radius 1 is 1.53 bits per heavy atom. The van der Waals surface area contributed by atoms with Crippen LogP contribution in [0.4, 0.5) is 5.13 Å². The van der Waals surface area contributed by atoms with Crippen LogP contribution in [0.5, 0.6) is 0 Å². The lowest BCUT2D eigenvalue weighted by Crippen LogP contribution is -2.25. The zero-order valence-corrected chi connectivity index (χ0v) is 9.80. The highest BCUT2D eigenvalue weighted by atomic mass is 32.1. The quantitative estimate of drug-likeness (QED) is 0.829. The molecule has 0 spiro atoms. The number of thiazole rings is 1. The van der Waals surface area contributed by atoms with Crippen LogP contribution in [0.25, 0.3) is 0 Å². The summed E-state index contributed by atoms with van der Waals surface area (Å²) in [5, 5.41) is 1.08. The number of nitrogens with zero attached hydrogens (tertiary/aromatic N) is 2. The number of anilines is 1. The first kappa shape index (κ1) is 10.9. The summed E-state index contributed by atoms with van der Waals surface area (Å²) >= 11 is 1.69. The first-order valence-electron chi connectivity index (χ1n) is 5.31. The van der Waals surface area contributed by atoms with Gasteiger partial charge in [-0.1, -0.05) is 0 Å². The van der Waals surface area contributed by atoms with E-state index in [0.29, 0.717) is 0 Å². The number of nitrogens with two attached hydrogens (primary N) is 1. The molecule has 5 heteroatoms. The van der Waals surface area contributed by atoms with Crippen molar-refractivity contribution in [1.82, 2.24) is 4.98 Å². The summed E-state index contributed by atoms with van der Waals surface area (Å²) in [6.07, 6.45) is 2.96. The van der Waals surface area contributed by atoms with E-state index >= 15 is 0 Å². The van der Waals surface area contributed by atoms with Crippen molar-refractivity contribution in [3.8, 4) is 0 Å². The molecule has 2 N–H and O–H groups in total. The highest BCUT2D eigenvalue weighted by Gasteiger charge is 2.14. The molecular formula is C10H17N3OS. The molecule has 0 bridgehead atoms. The minimum Gasteiger partial charge on any atom is -0.380 e. The average Bonchev–Trinajstić information content (AvgIpc) is 2.55. The van der Waals surface area contributed by atoms with Crippen LogP contribution in [0.3, 0.4) is 0 Å². The van der Waals surface area contributed by atoms with Crippen molar-refractivity contribution in [2.75, 3.05) is 31.2 Å². The molecule has 0 saturated carbocycles. The van der Waals surface area contributed by atoms with Crippen LogP contribution < -0.4 is 10.6 Å². The molecule has 84 valence electrons. The van der Waals surface area contributed by atoms with Crippen molar-refractivity contribution in [3.63, 3.8) is 0 Å². The largest absolute Gasteiger partial charge is 0.380 e. The zero-order chi connectivity index (χ0) is 10.7. The Bertz CT molecular complexity index is 305. The smallest absolute Gasteiger partial charge is 0.185 e. The first-order chi connectivity index (χ1) is 7.27. The lowest BCUT2D eigenvalue weighted by molar-refractivity contribution is 0.152. The maximum absolute atomic E-state index is 5.81. The van der Waals surface area contributed by atoms with Crippen molar-refractivity contribution in [3.05, 3.63) is 11.1 Å². The second-order valence-electron chi connectivity index (χ2n) is 3.79. The molecule has 0 amide bonds. The van der Waals surface area contributed by atoms with Gasteiger partial charge in [-0.25, -0.2) is 4.98 Å². The van der Waals surface area contributed by atoms with Gasteiger partial charge in [0.05, 0.1) is 6.61 Å². The minimum absolute atomic E-state index is 0.0829. The lowest BCUT2D eigenvalue weighted by atomic mass is 10.3. The summed E-state index contributed by atoms with van der Waals surface area (Å²) < 4.78 is 5.41. The number of hydrogen-bond acceptors (Lipinski definition) is 5. The Hall–Kier alpha value is -0.650. The summed E-state index contributed by atoms with van der Waals surface area (Å²) in [7, 11) is 0. The summed E-state index contributed by atoms with van der Waals surface area (Å²) in [5.41, 5.74) is 5.81. The third-order valence-corrected chi connectivity index (χ3v) is 3.71. The first-order valence-corrected chi connectivity index (χ1v) is 6.13. The highest BCUT2D eigenvalue weighted by Crippen LogP contribution is 2.26. The van der Waals surface area contributed by atoms with Gasteiger partial charge in [0.25, 0.3) is 0 Å². The molecule has 0 aliphatic carbocycles. The van der Waals surface area contributed by atoms with Gasteiger partial charge in [-0.3, -0.25) is 0 Å². The van der Waals surface area contributed by atoms with E-state index in [2.05, 4.69) is 9.88 Å². The normalized spacial score (nSPS) is 20.0. The fourth-order valence-corrected chi connectivity index (χ4v) is 2.49. The van der Waals surface area contributed by atoms with Gasteiger partial charge >= 0.3 is 0 Å². The minimum atomic E-state index is 0.0829. The fourth-order valence-electron chi connectivity index (χ4n) is 1.57. The summed E-state index contributed by atoms with van der Waals surface area (Å²) in [6.45, 7) is 5.62. The van der Waals surface area contributed by atoms with E-state index in [-0.39, 0.29) is 6.04 Å². The van der Waals surface area contributed by atoms with E-state index in [9.17, 15) is 0 Å². The zero-order valence-electron chi connectivity index (χ0n) is 8.98. The molecule has 1 aliphatic rings. The van der Waals surface area contributed by atoms with Gasteiger partial charge in [-0.2, -0.15) is 0 Å². The number of aromatic nitrogens is 1. The molecule has 15 heavy (non-hydrogen) atoms. The SMILES string of the molecule is CC(N)c1cnc(N2CCCOCC2)s1. The molecular weight excluding hydrogens is 210 g/mol. The third-order valence-electron chi connectivity index (χ3n) is 2.45. The Balaban J connectivity index is 2.06. The second-order valence-corrected chi connectivity index (χ2v) is 4.83. The summed E-state index contributed by atoms with van der Waals surface area (Å²) in [4.78, 5) is 7.84. The molecule has 1 atom stereocenters. The molecule has 0 radical (unpaired) electrons. The molecule has 4 nitrogen and oxygen atoms in total. The van der Waals surface area contributed by atoms with Crippen LogP contribution in [-0.2, 0) is 4.74 Å². The van der Waals surface area contributed by atoms with Crippen LogP contribution in [0.1, 0.15) is 24.3 Å². The highest BCUT2D eigenvalue weighted by molar-refractivity contribution is 7.15. The van der Waals surface area contributed by atoms with Crippen molar-refractivity contribution < 1.29 is 4.74 Å². The molecule has 1 unspecified atom stereocenters. The average molecular weight is 227 g/mol. The molecule has 0 aromatic carbocycles. The van der Waals surface area contributed by atoms with Crippen LogP contribution in [0, 0.1) is 0 Å². The van der Waals surface area contributed by atoms with Gasteiger partial charge in [-0.15, -0.1) is 11.3 Å². The topological polar surface area (TPSA) is 51.4 Å². The number of hydrogen-bond donors (Lipinski definition) is 1. The van der Waals surface area contributed by atoms with E-state index in [1.807, 2.05) is 13.1 Å². The molecule has 1 aromatic rings. The van der Waals surface area contributed by atoms with Crippen LogP contribution in [-0.4, -0.2) is 31.3 Å². The lowest BCUT2D eigenvalue weighted by Gasteiger charge is -2.17. The second kappa shape index (κ2) is 4.92. The maximum atomic E-state index is 5.81. The Kier molecular flexibility index (Phi) is 3.56. The molecule has 2 heterocycles. The molecule has 1 saturated heterocycles. The van der Waals surface area contributed by atoms with E-state index in [1.165, 1.54) is 0 Å². The van der Waals surface area contributed by atoms with E-state index < -0.39 is 0 Å². The Morgan fingerprint density at radius 2 is 2.40 bits per heavy atom. The monoisotopic (exact) mass is 227 g/mol. The van der Waals surface area contributed by atoms with Crippen LogP contribution in [0.15, 0.2) is 6.20 Å². The van der Waals surface area contributed by atoms with Crippen molar-refractivity contribution >= 4 is 16.5 Å². The summed E-state index contributed by atoms with van der Waals surface area (Å²) in [5.74, 6) is 0. The predicted octanol–water partition coefficient (Wildman–Crippen LogP) is 1.39.